The normalized spacial score (nSPS) is 12.6. The van der Waals surface area contributed by atoms with Crippen LogP contribution in [-0.4, -0.2) is 0 Å². The number of thiophene rings is 2. The Balaban J connectivity index is 1.58. The molecule has 8 aromatic rings. The first-order valence-electron chi connectivity index (χ1n) is 10.4. The Kier molecular flexibility index (Phi) is 2.98. The molecule has 0 saturated carbocycles. The fourth-order valence-electron chi connectivity index (χ4n) is 5.33. The molecule has 32 heavy (non-hydrogen) atoms. The number of hydrogen-bond acceptors (Lipinski definition) is 4. The molecular formula is C28H12O2S2. The van der Waals surface area contributed by atoms with E-state index in [0.29, 0.717) is 0 Å². The monoisotopic (exact) mass is 444 g/mol. The zero-order valence-electron chi connectivity index (χ0n) is 16.6. The molecule has 0 aliphatic rings. The Morgan fingerprint density at radius 3 is 1.34 bits per heavy atom. The Bertz CT molecular complexity index is 2030. The lowest BCUT2D eigenvalue weighted by Crippen LogP contribution is -1.93. The van der Waals surface area contributed by atoms with Crippen LogP contribution >= 0.6 is 22.7 Å². The van der Waals surface area contributed by atoms with Crippen molar-refractivity contribution >= 4 is 95.3 Å². The summed E-state index contributed by atoms with van der Waals surface area (Å²) in [6.45, 7) is 0. The predicted molar refractivity (Wildman–Crippen MR) is 140 cm³/mol. The van der Waals surface area contributed by atoms with Gasteiger partial charge in [0.15, 0.2) is 0 Å². The fourth-order valence-corrected chi connectivity index (χ4v) is 7.67. The maximum absolute atomic E-state index is 13.3. The Hall–Kier alpha value is -3.60. The van der Waals surface area contributed by atoms with Crippen LogP contribution in [0, 0.1) is 0 Å². The van der Waals surface area contributed by atoms with Crippen molar-refractivity contribution in [1.82, 2.24) is 0 Å². The highest BCUT2D eigenvalue weighted by atomic mass is 32.1. The molecule has 148 valence electrons. The van der Waals surface area contributed by atoms with E-state index in [1.807, 2.05) is 36.4 Å². The van der Waals surface area contributed by atoms with E-state index in [9.17, 15) is 9.59 Å². The first-order valence-corrected chi connectivity index (χ1v) is 12.1. The van der Waals surface area contributed by atoms with Gasteiger partial charge in [-0.3, -0.25) is 9.59 Å². The molecule has 0 N–H and O–H groups in total. The maximum atomic E-state index is 13.3. The first-order chi connectivity index (χ1) is 15.7. The van der Waals surface area contributed by atoms with Crippen molar-refractivity contribution in [3.8, 4) is 0 Å². The Labute approximate surface area is 188 Å². The van der Waals surface area contributed by atoms with Gasteiger partial charge in [-0.1, -0.05) is 36.4 Å². The number of hydrogen-bond donors (Lipinski definition) is 0. The molecule has 2 heterocycles. The molecule has 2 nitrogen and oxygen atoms in total. The van der Waals surface area contributed by atoms with Crippen LogP contribution in [0.5, 0.6) is 0 Å². The van der Waals surface area contributed by atoms with Crippen molar-refractivity contribution in [3.05, 3.63) is 93.2 Å². The summed E-state index contributed by atoms with van der Waals surface area (Å²) in [5.74, 6) is 0. The summed E-state index contributed by atoms with van der Waals surface area (Å²) in [5.41, 5.74) is 0.215. The third-order valence-electron chi connectivity index (χ3n) is 6.74. The summed E-state index contributed by atoms with van der Waals surface area (Å²) < 4.78 is 3.92. The summed E-state index contributed by atoms with van der Waals surface area (Å²) in [6.07, 6.45) is 0. The average Bonchev–Trinajstić information content (AvgIpc) is 3.52. The zero-order valence-corrected chi connectivity index (χ0v) is 18.2. The molecule has 0 spiro atoms. The smallest absolute Gasteiger partial charge is 0.204 e. The standard InChI is InChI=1S/C28H12O2S2/c29-25-19-11-14-10-18-20(26(30)28-24(18)16-6-2-4-8-22(16)32-28)12-13(14)9-17(19)23-15-5-1-3-7-21(15)31-27(23)25/h1-12H. The summed E-state index contributed by atoms with van der Waals surface area (Å²) in [4.78, 5) is 26.6. The van der Waals surface area contributed by atoms with Gasteiger partial charge >= 0.3 is 0 Å². The second kappa shape index (κ2) is 5.60. The van der Waals surface area contributed by atoms with E-state index >= 15 is 0 Å². The van der Waals surface area contributed by atoms with E-state index in [1.165, 1.54) is 0 Å². The minimum atomic E-state index is 0.108. The van der Waals surface area contributed by atoms with Crippen molar-refractivity contribution in [3.63, 3.8) is 0 Å². The molecule has 0 aliphatic heterocycles. The highest BCUT2D eigenvalue weighted by Crippen LogP contribution is 2.41. The van der Waals surface area contributed by atoms with Crippen LogP contribution in [0.1, 0.15) is 0 Å². The molecule has 0 bridgehead atoms. The quantitative estimate of drug-likeness (QED) is 0.243. The minimum absolute atomic E-state index is 0.108. The van der Waals surface area contributed by atoms with Crippen molar-refractivity contribution in [2.75, 3.05) is 0 Å². The second-order valence-corrected chi connectivity index (χ2v) is 10.5. The lowest BCUT2D eigenvalue weighted by atomic mass is 10.0. The van der Waals surface area contributed by atoms with Crippen LogP contribution in [0.4, 0.5) is 0 Å². The Morgan fingerprint density at radius 1 is 0.469 bits per heavy atom. The van der Waals surface area contributed by atoms with Crippen molar-refractivity contribution in [2.24, 2.45) is 0 Å². The zero-order chi connectivity index (χ0) is 21.1. The predicted octanol–water partition coefficient (Wildman–Crippen LogP) is 7.48. The number of rotatable bonds is 0. The molecule has 0 amide bonds. The Morgan fingerprint density at radius 2 is 0.875 bits per heavy atom. The minimum Gasteiger partial charge on any atom is -0.288 e. The molecule has 8 rings (SSSR count). The highest BCUT2D eigenvalue weighted by Gasteiger charge is 2.19. The van der Waals surface area contributed by atoms with Gasteiger partial charge in [0, 0.05) is 41.7 Å². The van der Waals surface area contributed by atoms with Gasteiger partial charge in [-0.15, -0.1) is 22.7 Å². The lowest BCUT2D eigenvalue weighted by Gasteiger charge is -2.01. The molecule has 4 heteroatoms. The van der Waals surface area contributed by atoms with Gasteiger partial charge < -0.3 is 0 Å². The highest BCUT2D eigenvalue weighted by molar-refractivity contribution is 7.26. The molecule has 0 aliphatic carbocycles. The van der Waals surface area contributed by atoms with Crippen molar-refractivity contribution < 1.29 is 0 Å². The second-order valence-electron chi connectivity index (χ2n) is 8.41. The van der Waals surface area contributed by atoms with E-state index in [4.69, 9.17) is 0 Å². The molecule has 0 fully saturated rings. The van der Waals surface area contributed by atoms with Crippen LogP contribution in [0.25, 0.3) is 72.7 Å². The molecule has 0 unspecified atom stereocenters. The summed E-state index contributed by atoms with van der Waals surface area (Å²) in [7, 11) is 0. The molecule has 0 saturated heterocycles. The molecular weight excluding hydrogens is 432 g/mol. The van der Waals surface area contributed by atoms with E-state index in [-0.39, 0.29) is 10.9 Å². The van der Waals surface area contributed by atoms with E-state index < -0.39 is 0 Å². The van der Waals surface area contributed by atoms with Gasteiger partial charge in [0.05, 0.1) is 9.40 Å². The van der Waals surface area contributed by atoms with Crippen LogP contribution < -0.4 is 10.9 Å². The molecule has 6 aromatic carbocycles. The van der Waals surface area contributed by atoms with Crippen LogP contribution in [0.3, 0.4) is 0 Å². The summed E-state index contributed by atoms with van der Waals surface area (Å²) in [5, 5.41) is 9.87. The average molecular weight is 445 g/mol. The van der Waals surface area contributed by atoms with Gasteiger partial charge in [-0.25, -0.2) is 0 Å². The SMILES string of the molecule is O=c1c2cc3cc4c(cc3cc2c2c1sc1ccccc12)c(=O)c1sc2ccccc2c14. The van der Waals surface area contributed by atoms with Crippen molar-refractivity contribution in [1.29, 1.82) is 0 Å². The summed E-state index contributed by atoms with van der Waals surface area (Å²) >= 11 is 3.14. The van der Waals surface area contributed by atoms with Gasteiger partial charge in [0.1, 0.15) is 0 Å². The largest absolute Gasteiger partial charge is 0.288 e. The van der Waals surface area contributed by atoms with Gasteiger partial charge in [0.25, 0.3) is 0 Å². The van der Waals surface area contributed by atoms with Crippen LogP contribution in [-0.2, 0) is 0 Å². The lowest BCUT2D eigenvalue weighted by molar-refractivity contribution is 1.86. The van der Waals surface area contributed by atoms with E-state index in [0.717, 1.165) is 72.7 Å². The van der Waals surface area contributed by atoms with Crippen LogP contribution in [0.2, 0.25) is 0 Å². The van der Waals surface area contributed by atoms with Gasteiger partial charge in [0.2, 0.25) is 10.9 Å². The van der Waals surface area contributed by atoms with Gasteiger partial charge in [-0.2, -0.15) is 0 Å². The molecule has 0 atom stereocenters. The van der Waals surface area contributed by atoms with E-state index in [1.54, 1.807) is 22.7 Å². The first kappa shape index (κ1) is 17.0. The molecule has 2 aromatic heterocycles. The molecule has 0 radical (unpaired) electrons. The topological polar surface area (TPSA) is 34.1 Å². The van der Waals surface area contributed by atoms with Crippen LogP contribution in [0.15, 0.2) is 82.4 Å². The maximum Gasteiger partial charge on any atom is 0.204 e. The number of benzene rings is 4. The third-order valence-corrected chi connectivity index (χ3v) is 9.08. The van der Waals surface area contributed by atoms with E-state index in [2.05, 4.69) is 36.4 Å². The number of fused-ring (bicyclic) bond motifs is 11. The van der Waals surface area contributed by atoms with Gasteiger partial charge in [-0.05, 0) is 57.9 Å². The van der Waals surface area contributed by atoms with Crippen molar-refractivity contribution in [2.45, 2.75) is 0 Å². The fraction of sp³-hybridized carbons (Fsp3) is 0. The summed E-state index contributed by atoms with van der Waals surface area (Å²) in [6, 6.07) is 24.6. The third kappa shape index (κ3) is 1.91.